The molecule has 172 valence electrons. The first-order valence-corrected chi connectivity index (χ1v) is 10.7. The number of carbonyl (C=O) groups is 2. The van der Waals surface area contributed by atoms with Crippen LogP contribution in [0.15, 0.2) is 82.8 Å². The molecule has 0 fully saturated rings. The second-order valence-electron chi connectivity index (χ2n) is 7.97. The summed E-state index contributed by atoms with van der Waals surface area (Å²) in [5, 5.41) is 11.6. The van der Waals surface area contributed by atoms with Crippen molar-refractivity contribution in [1.29, 1.82) is 0 Å². The number of aliphatic hydroxyl groups is 1. The van der Waals surface area contributed by atoms with Crippen LogP contribution in [0.2, 0.25) is 0 Å². The van der Waals surface area contributed by atoms with E-state index in [-0.39, 0.29) is 23.4 Å². The third-order valence-electron chi connectivity index (χ3n) is 6.09. The van der Waals surface area contributed by atoms with Crippen LogP contribution in [0.4, 0.5) is 4.39 Å². The number of furan rings is 1. The molecule has 0 saturated carbocycles. The average molecular weight is 460 g/mol. The summed E-state index contributed by atoms with van der Waals surface area (Å²) >= 11 is 0. The van der Waals surface area contributed by atoms with Gasteiger partial charge >= 0.3 is 0 Å². The van der Waals surface area contributed by atoms with Crippen molar-refractivity contribution >= 4 is 22.6 Å². The molecule has 8 heteroatoms. The summed E-state index contributed by atoms with van der Waals surface area (Å²) in [6.45, 7) is 0.140. The Labute approximate surface area is 194 Å². The number of ketones is 1. The number of H-pyrrole nitrogens is 1. The molecule has 0 saturated heterocycles. The molecule has 0 unspecified atom stereocenters. The Bertz CT molecular complexity index is 1420. The van der Waals surface area contributed by atoms with E-state index in [1.165, 1.54) is 41.5 Å². The van der Waals surface area contributed by atoms with Crippen LogP contribution < -0.4 is 4.74 Å². The van der Waals surface area contributed by atoms with Crippen LogP contribution in [0.1, 0.15) is 27.7 Å². The van der Waals surface area contributed by atoms with E-state index in [9.17, 15) is 19.1 Å². The molecule has 4 aromatic rings. The van der Waals surface area contributed by atoms with E-state index in [4.69, 9.17) is 9.15 Å². The lowest BCUT2D eigenvalue weighted by Gasteiger charge is -2.27. The van der Waals surface area contributed by atoms with Crippen LogP contribution in [0.3, 0.4) is 0 Å². The fraction of sp³-hybridized carbons (Fsp3) is 0.154. The highest BCUT2D eigenvalue weighted by molar-refractivity contribution is 6.15. The molecule has 1 atom stereocenters. The number of carbonyl (C=O) groups excluding carboxylic acids is 2. The second kappa shape index (κ2) is 8.55. The molecule has 0 radical (unpaired) electrons. The van der Waals surface area contributed by atoms with Crippen molar-refractivity contribution in [2.75, 3.05) is 13.7 Å². The number of hydrogen-bond donors (Lipinski definition) is 2. The van der Waals surface area contributed by atoms with E-state index in [2.05, 4.69) is 4.98 Å². The van der Waals surface area contributed by atoms with Gasteiger partial charge in [-0.25, -0.2) is 4.39 Å². The molecule has 1 amide bonds. The molecular formula is C26H21FN2O5. The fourth-order valence-corrected chi connectivity index (χ4v) is 4.41. The standard InChI is InChI=1S/C26H21FN2O5/c1-33-16-8-9-20-18(13-16)15(14-28-20)10-11-29-23(17-5-2-3-6-19(17)27)22(25(31)26(29)32)24(30)21-7-4-12-34-21/h2-9,12-14,23,28,31H,10-11H2,1H3/t23-/m0/s1. The van der Waals surface area contributed by atoms with Gasteiger partial charge in [0.2, 0.25) is 5.78 Å². The minimum atomic E-state index is -1.09. The average Bonchev–Trinajstić information content (AvgIpc) is 3.57. The fourth-order valence-electron chi connectivity index (χ4n) is 4.41. The number of aromatic nitrogens is 1. The molecule has 2 N–H and O–H groups in total. The topological polar surface area (TPSA) is 95.8 Å². The number of methoxy groups -OCH3 is 1. The van der Waals surface area contributed by atoms with E-state index < -0.39 is 29.3 Å². The third kappa shape index (κ3) is 3.53. The lowest BCUT2D eigenvalue weighted by molar-refractivity contribution is -0.129. The first-order valence-electron chi connectivity index (χ1n) is 10.7. The number of rotatable bonds is 7. The molecule has 0 bridgehead atoms. The first kappa shape index (κ1) is 21.5. The lowest BCUT2D eigenvalue weighted by atomic mass is 9.94. The number of nitrogens with one attached hydrogen (secondary N) is 1. The zero-order chi connectivity index (χ0) is 23.8. The quantitative estimate of drug-likeness (QED) is 0.389. The summed E-state index contributed by atoms with van der Waals surface area (Å²) in [5.74, 6) is -2.03. The summed E-state index contributed by atoms with van der Waals surface area (Å²) < 4.78 is 25.4. The highest BCUT2D eigenvalue weighted by Crippen LogP contribution is 2.40. The van der Waals surface area contributed by atoms with Gasteiger partial charge in [-0.05, 0) is 48.4 Å². The van der Waals surface area contributed by atoms with Crippen molar-refractivity contribution in [3.05, 3.63) is 101 Å². The highest BCUT2D eigenvalue weighted by Gasteiger charge is 2.45. The van der Waals surface area contributed by atoms with Crippen LogP contribution >= 0.6 is 0 Å². The van der Waals surface area contributed by atoms with Gasteiger partial charge < -0.3 is 24.1 Å². The number of benzene rings is 2. The number of amides is 1. The van der Waals surface area contributed by atoms with Crippen molar-refractivity contribution in [1.82, 2.24) is 9.88 Å². The predicted molar refractivity (Wildman–Crippen MR) is 122 cm³/mol. The van der Waals surface area contributed by atoms with Gasteiger partial charge in [0.05, 0.1) is 25.0 Å². The normalized spacial score (nSPS) is 16.0. The third-order valence-corrected chi connectivity index (χ3v) is 6.09. The molecule has 2 aromatic heterocycles. The second-order valence-corrected chi connectivity index (χ2v) is 7.97. The molecule has 3 heterocycles. The molecule has 1 aliphatic heterocycles. The Kier molecular flexibility index (Phi) is 5.41. The maximum atomic E-state index is 14.9. The van der Waals surface area contributed by atoms with E-state index >= 15 is 0 Å². The van der Waals surface area contributed by atoms with Crippen LogP contribution in [0.25, 0.3) is 10.9 Å². The van der Waals surface area contributed by atoms with Crippen molar-refractivity contribution < 1.29 is 28.2 Å². The zero-order valence-corrected chi connectivity index (χ0v) is 18.2. The molecule has 7 nitrogen and oxygen atoms in total. The van der Waals surface area contributed by atoms with E-state index in [1.807, 2.05) is 24.4 Å². The zero-order valence-electron chi connectivity index (χ0n) is 18.2. The number of aromatic amines is 1. The lowest BCUT2D eigenvalue weighted by Crippen LogP contribution is -2.33. The van der Waals surface area contributed by atoms with Gasteiger partial charge in [-0.2, -0.15) is 0 Å². The SMILES string of the molecule is COc1ccc2[nH]cc(CCN3C(=O)C(O)=C(C(=O)c4ccco4)[C@@H]3c3ccccc3F)c2c1. The van der Waals surface area contributed by atoms with E-state index in [0.29, 0.717) is 12.2 Å². The molecular weight excluding hydrogens is 439 g/mol. The summed E-state index contributed by atoms with van der Waals surface area (Å²) in [5.41, 5.74) is 1.74. The number of Topliss-reactive ketones (excluding diaryl/α,β-unsaturated/α-hetero) is 1. The molecule has 34 heavy (non-hydrogen) atoms. The van der Waals surface area contributed by atoms with E-state index in [1.54, 1.807) is 13.2 Å². The van der Waals surface area contributed by atoms with Gasteiger partial charge in [0.1, 0.15) is 11.6 Å². The van der Waals surface area contributed by atoms with Gasteiger partial charge in [0.25, 0.3) is 5.91 Å². The minimum Gasteiger partial charge on any atom is -0.503 e. The number of nitrogens with zero attached hydrogens (tertiary/aromatic N) is 1. The highest BCUT2D eigenvalue weighted by atomic mass is 19.1. The van der Waals surface area contributed by atoms with Crippen LogP contribution in [0, 0.1) is 5.82 Å². The number of aliphatic hydroxyl groups excluding tert-OH is 1. The van der Waals surface area contributed by atoms with Crippen molar-refractivity contribution in [3.63, 3.8) is 0 Å². The molecule has 5 rings (SSSR count). The molecule has 0 aliphatic carbocycles. The summed E-state index contributed by atoms with van der Waals surface area (Å²) in [7, 11) is 1.58. The predicted octanol–water partition coefficient (Wildman–Crippen LogP) is 4.73. The number of halogens is 1. The Hall–Kier alpha value is -4.33. The number of ether oxygens (including phenoxy) is 1. The summed E-state index contributed by atoms with van der Waals surface area (Å²) in [6, 6.07) is 13.4. The van der Waals surface area contributed by atoms with E-state index in [0.717, 1.165) is 16.5 Å². The van der Waals surface area contributed by atoms with Crippen LogP contribution in [-0.2, 0) is 11.2 Å². The van der Waals surface area contributed by atoms with Gasteiger partial charge in [0, 0.05) is 29.2 Å². The Morgan fingerprint density at radius 1 is 1.21 bits per heavy atom. The van der Waals surface area contributed by atoms with Gasteiger partial charge in [-0.1, -0.05) is 18.2 Å². The van der Waals surface area contributed by atoms with Gasteiger partial charge in [-0.15, -0.1) is 0 Å². The smallest absolute Gasteiger partial charge is 0.290 e. The Morgan fingerprint density at radius 3 is 2.76 bits per heavy atom. The maximum Gasteiger partial charge on any atom is 0.290 e. The van der Waals surface area contributed by atoms with Crippen molar-refractivity contribution in [2.45, 2.75) is 12.5 Å². The molecule has 1 aliphatic rings. The molecule has 0 spiro atoms. The summed E-state index contributed by atoms with van der Waals surface area (Å²) in [6.07, 6.45) is 3.56. The molecule has 2 aromatic carbocycles. The number of fused-ring (bicyclic) bond motifs is 1. The monoisotopic (exact) mass is 460 g/mol. The van der Waals surface area contributed by atoms with Crippen LogP contribution in [-0.4, -0.2) is 40.3 Å². The largest absolute Gasteiger partial charge is 0.503 e. The number of hydrogen-bond acceptors (Lipinski definition) is 5. The van der Waals surface area contributed by atoms with Crippen LogP contribution in [0.5, 0.6) is 5.75 Å². The van der Waals surface area contributed by atoms with Crippen molar-refractivity contribution in [2.24, 2.45) is 0 Å². The van der Waals surface area contributed by atoms with Crippen molar-refractivity contribution in [3.8, 4) is 5.75 Å². The summed E-state index contributed by atoms with van der Waals surface area (Å²) in [4.78, 5) is 30.8. The minimum absolute atomic E-state index is 0.0405. The van der Waals surface area contributed by atoms with Gasteiger partial charge in [-0.3, -0.25) is 9.59 Å². The Balaban J connectivity index is 1.52. The van der Waals surface area contributed by atoms with Gasteiger partial charge in [0.15, 0.2) is 11.5 Å². The Morgan fingerprint density at radius 2 is 2.03 bits per heavy atom. The first-order chi connectivity index (χ1) is 16.5. The maximum absolute atomic E-state index is 14.9.